The normalized spacial score (nSPS) is 12.4. The Morgan fingerprint density at radius 2 is 1.67 bits per heavy atom. The zero-order chi connectivity index (χ0) is 28.1. The molecule has 0 N–H and O–H groups in total. The zero-order valence-corrected chi connectivity index (χ0v) is 22.3. The molecule has 4 rings (SSSR count). The number of aromatic nitrogens is 1. The quantitative estimate of drug-likeness (QED) is 0.0876. The fourth-order valence-corrected chi connectivity index (χ4v) is 5.10. The second kappa shape index (κ2) is 12.0. The van der Waals surface area contributed by atoms with Crippen LogP contribution in [-0.2, 0) is 25.7 Å². The van der Waals surface area contributed by atoms with Crippen molar-refractivity contribution < 1.29 is 28.9 Å². The van der Waals surface area contributed by atoms with Crippen LogP contribution in [0.25, 0.3) is 21.8 Å². The Balaban J connectivity index is 1.83. The Bertz CT molecular complexity index is 1610. The number of methoxy groups -OCH3 is 1. The molecule has 11 heteroatoms. The van der Waals surface area contributed by atoms with E-state index in [2.05, 4.69) is 5.16 Å². The van der Waals surface area contributed by atoms with E-state index in [1.807, 2.05) is 6.92 Å². The first-order valence-corrected chi connectivity index (χ1v) is 12.8. The number of hydrogen-bond donors (Lipinski definition) is 0. The highest BCUT2D eigenvalue weighted by Gasteiger charge is 2.22. The van der Waals surface area contributed by atoms with Crippen molar-refractivity contribution in [1.29, 1.82) is 0 Å². The van der Waals surface area contributed by atoms with Gasteiger partial charge in [-0.05, 0) is 24.3 Å². The number of ether oxygens (including phenoxy) is 1. The molecule has 1 heterocycles. The van der Waals surface area contributed by atoms with Crippen molar-refractivity contribution in [2.75, 3.05) is 13.7 Å². The van der Waals surface area contributed by atoms with Crippen LogP contribution >= 0.6 is 11.8 Å². The molecule has 0 amide bonds. The van der Waals surface area contributed by atoms with Crippen molar-refractivity contribution in [3.05, 3.63) is 88.0 Å². The van der Waals surface area contributed by atoms with Crippen LogP contribution in [0.5, 0.6) is 0 Å². The van der Waals surface area contributed by atoms with E-state index in [1.165, 1.54) is 19.1 Å². The SMILES string of the molecule is COCC(C)SC(=O)Cn1c2ccc(C(=O)/C(=N/OC(C)=O)c3ccccc3)cc2c2cc([N+](=O)[O-])ccc21. The van der Waals surface area contributed by atoms with Gasteiger partial charge in [-0.2, -0.15) is 0 Å². The second-order valence-corrected chi connectivity index (χ2v) is 10.2. The van der Waals surface area contributed by atoms with E-state index in [4.69, 9.17) is 9.57 Å². The molecule has 0 aliphatic carbocycles. The number of nitro benzene ring substituents is 1. The second-order valence-electron chi connectivity index (χ2n) is 8.75. The number of nitrogens with zero attached hydrogens (tertiary/aromatic N) is 3. The van der Waals surface area contributed by atoms with Crippen molar-refractivity contribution in [2.45, 2.75) is 25.6 Å². The summed E-state index contributed by atoms with van der Waals surface area (Å²) in [5.41, 5.74) is 1.75. The van der Waals surface area contributed by atoms with Gasteiger partial charge < -0.3 is 14.1 Å². The zero-order valence-electron chi connectivity index (χ0n) is 21.5. The van der Waals surface area contributed by atoms with Crippen molar-refractivity contribution in [1.82, 2.24) is 4.57 Å². The first-order valence-electron chi connectivity index (χ1n) is 11.9. The largest absolute Gasteiger partial charge is 0.384 e. The number of benzene rings is 3. The number of carbonyl (C=O) groups is 3. The molecule has 0 fully saturated rings. The molecule has 1 aromatic heterocycles. The van der Waals surface area contributed by atoms with Gasteiger partial charge in [0.1, 0.15) is 0 Å². The van der Waals surface area contributed by atoms with Gasteiger partial charge in [-0.1, -0.05) is 54.2 Å². The first-order chi connectivity index (χ1) is 18.7. The van der Waals surface area contributed by atoms with Crippen molar-refractivity contribution >= 4 is 61.8 Å². The summed E-state index contributed by atoms with van der Waals surface area (Å²) in [5, 5.41) is 16.2. The highest BCUT2D eigenvalue weighted by atomic mass is 32.2. The van der Waals surface area contributed by atoms with E-state index >= 15 is 0 Å². The molecule has 0 saturated carbocycles. The molecule has 0 saturated heterocycles. The summed E-state index contributed by atoms with van der Waals surface area (Å²) in [5.74, 6) is -1.18. The van der Waals surface area contributed by atoms with Crippen molar-refractivity contribution in [3.63, 3.8) is 0 Å². The number of nitro groups is 1. The molecule has 4 aromatic rings. The van der Waals surface area contributed by atoms with Gasteiger partial charge in [-0.3, -0.25) is 19.7 Å². The topological polar surface area (TPSA) is 130 Å². The van der Waals surface area contributed by atoms with Crippen LogP contribution in [0.1, 0.15) is 29.8 Å². The lowest BCUT2D eigenvalue weighted by atomic mass is 9.99. The average molecular weight is 548 g/mol. The van der Waals surface area contributed by atoms with Gasteiger partial charge >= 0.3 is 5.97 Å². The molecule has 200 valence electrons. The fraction of sp³-hybridized carbons (Fsp3) is 0.214. The monoisotopic (exact) mass is 547 g/mol. The third-order valence-corrected chi connectivity index (χ3v) is 6.80. The van der Waals surface area contributed by atoms with E-state index in [0.717, 1.165) is 11.8 Å². The van der Waals surface area contributed by atoms with Crippen LogP contribution < -0.4 is 0 Å². The van der Waals surface area contributed by atoms with E-state index in [-0.39, 0.29) is 33.9 Å². The Morgan fingerprint density at radius 3 is 2.31 bits per heavy atom. The summed E-state index contributed by atoms with van der Waals surface area (Å²) in [7, 11) is 1.57. The van der Waals surface area contributed by atoms with Gasteiger partial charge in [0.15, 0.2) is 5.71 Å². The van der Waals surface area contributed by atoms with Gasteiger partial charge in [-0.15, -0.1) is 0 Å². The minimum Gasteiger partial charge on any atom is -0.384 e. The molecular formula is C28H25N3O7S. The number of oxime groups is 1. The maximum Gasteiger partial charge on any atom is 0.332 e. The Hall–Kier alpha value is -4.35. The summed E-state index contributed by atoms with van der Waals surface area (Å²) >= 11 is 1.16. The predicted octanol–water partition coefficient (Wildman–Crippen LogP) is 5.15. The smallest absolute Gasteiger partial charge is 0.332 e. The van der Waals surface area contributed by atoms with E-state index < -0.39 is 16.7 Å². The number of non-ortho nitro benzene ring substituents is 1. The van der Waals surface area contributed by atoms with Gasteiger partial charge in [0, 0.05) is 58.8 Å². The van der Waals surface area contributed by atoms with Gasteiger partial charge in [0.25, 0.3) is 5.69 Å². The van der Waals surface area contributed by atoms with E-state index in [1.54, 1.807) is 66.3 Å². The summed E-state index contributed by atoms with van der Waals surface area (Å²) in [4.78, 5) is 53.7. The molecule has 39 heavy (non-hydrogen) atoms. The lowest BCUT2D eigenvalue weighted by Gasteiger charge is -2.11. The Labute approximate surface area is 227 Å². The standard InChI is InChI=1S/C28H25N3O7S/c1-17(16-37-3)39-26(33)15-30-24-11-9-20(13-22(24)23-14-21(31(35)36)10-12-25(23)30)28(34)27(29-38-18(2)32)19-7-5-4-6-8-19/h4-14,17H,15-16H2,1-3H3/b29-27+. The molecule has 1 atom stereocenters. The predicted molar refractivity (Wildman–Crippen MR) is 149 cm³/mol. The van der Waals surface area contributed by atoms with Crippen LogP contribution in [0, 0.1) is 10.1 Å². The lowest BCUT2D eigenvalue weighted by Crippen LogP contribution is -2.17. The van der Waals surface area contributed by atoms with Crippen LogP contribution in [0.4, 0.5) is 5.69 Å². The van der Waals surface area contributed by atoms with Crippen LogP contribution in [0.15, 0.2) is 71.9 Å². The third kappa shape index (κ3) is 6.21. The molecule has 10 nitrogen and oxygen atoms in total. The maximum atomic E-state index is 13.6. The summed E-state index contributed by atoms with van der Waals surface area (Å²) in [6.45, 7) is 3.51. The highest BCUT2D eigenvalue weighted by Crippen LogP contribution is 2.33. The summed E-state index contributed by atoms with van der Waals surface area (Å²) in [6.07, 6.45) is 0. The minimum atomic E-state index is -0.676. The van der Waals surface area contributed by atoms with Gasteiger partial charge in [0.05, 0.1) is 23.6 Å². The van der Waals surface area contributed by atoms with Crippen LogP contribution in [-0.4, -0.2) is 51.0 Å². The third-order valence-electron chi connectivity index (χ3n) is 5.87. The lowest BCUT2D eigenvalue weighted by molar-refractivity contribution is -0.384. The number of rotatable bonds is 10. The van der Waals surface area contributed by atoms with Crippen molar-refractivity contribution in [3.8, 4) is 0 Å². The van der Waals surface area contributed by atoms with Gasteiger partial charge in [-0.25, -0.2) is 4.79 Å². The first kappa shape index (κ1) is 27.7. The summed E-state index contributed by atoms with van der Waals surface area (Å²) in [6, 6.07) is 17.9. The summed E-state index contributed by atoms with van der Waals surface area (Å²) < 4.78 is 6.90. The van der Waals surface area contributed by atoms with E-state index in [0.29, 0.717) is 34.0 Å². The molecule has 3 aromatic carbocycles. The highest BCUT2D eigenvalue weighted by molar-refractivity contribution is 8.14. The van der Waals surface area contributed by atoms with Crippen LogP contribution in [0.2, 0.25) is 0 Å². The molecule has 0 spiro atoms. The number of thioether (sulfide) groups is 1. The van der Waals surface area contributed by atoms with Crippen LogP contribution in [0.3, 0.4) is 0 Å². The minimum absolute atomic E-state index is 0.0208. The number of carbonyl (C=O) groups excluding carboxylic acids is 3. The number of hydrogen-bond acceptors (Lipinski definition) is 9. The molecule has 0 aliphatic heterocycles. The molecule has 0 radical (unpaired) electrons. The molecule has 0 bridgehead atoms. The van der Waals surface area contributed by atoms with Gasteiger partial charge in [0.2, 0.25) is 10.9 Å². The Kier molecular flexibility index (Phi) is 8.52. The number of fused-ring (bicyclic) bond motifs is 3. The average Bonchev–Trinajstić information content (AvgIpc) is 3.21. The molecule has 1 unspecified atom stereocenters. The number of Topliss-reactive ketones (excluding diaryl/α,β-unsaturated/α-hetero) is 1. The maximum absolute atomic E-state index is 13.6. The fourth-order valence-electron chi connectivity index (χ4n) is 4.24. The Morgan fingerprint density at radius 1 is 1.00 bits per heavy atom. The molecular weight excluding hydrogens is 522 g/mol. The number of ketones is 1. The van der Waals surface area contributed by atoms with Crippen molar-refractivity contribution in [2.24, 2.45) is 5.16 Å². The van der Waals surface area contributed by atoms with E-state index in [9.17, 15) is 24.5 Å². The molecule has 0 aliphatic rings.